The quantitative estimate of drug-likeness (QED) is 0.662. The third-order valence-electron chi connectivity index (χ3n) is 2.80. The molecule has 0 amide bonds. The van der Waals surface area contributed by atoms with Crippen molar-refractivity contribution in [2.24, 2.45) is 4.99 Å². The highest BCUT2D eigenvalue weighted by Crippen LogP contribution is 2.31. The van der Waals surface area contributed by atoms with Crippen molar-refractivity contribution in [3.63, 3.8) is 0 Å². The lowest BCUT2D eigenvalue weighted by molar-refractivity contribution is 0.0891. The zero-order valence-electron chi connectivity index (χ0n) is 9.12. The van der Waals surface area contributed by atoms with E-state index >= 15 is 0 Å². The number of nitrogens with zero attached hydrogens (tertiary/aromatic N) is 1. The molecule has 1 aliphatic heterocycles. The molecule has 0 N–H and O–H groups in total. The third kappa shape index (κ3) is 1.86. The number of fused-ring (bicyclic) bond motifs is 1. The van der Waals surface area contributed by atoms with Gasteiger partial charge in [-0.1, -0.05) is 23.7 Å². The number of hydrogen-bond donors (Lipinski definition) is 0. The van der Waals surface area contributed by atoms with Crippen LogP contribution in [-0.2, 0) is 0 Å². The molecule has 1 aliphatic rings. The fraction of sp³-hybridized carbons (Fsp3) is 0.417. The second-order valence-corrected chi connectivity index (χ2v) is 4.66. The van der Waals surface area contributed by atoms with Crippen molar-refractivity contribution in [2.75, 3.05) is 0 Å². The highest BCUT2D eigenvalue weighted by molar-refractivity contribution is 6.70. The van der Waals surface area contributed by atoms with Gasteiger partial charge in [0.15, 0.2) is 0 Å². The van der Waals surface area contributed by atoms with Crippen LogP contribution in [0.15, 0.2) is 29.3 Å². The first-order chi connectivity index (χ1) is 7.00. The van der Waals surface area contributed by atoms with Crippen molar-refractivity contribution in [2.45, 2.75) is 32.4 Å². The van der Waals surface area contributed by atoms with Gasteiger partial charge in [-0.2, -0.15) is 0 Å². The molecule has 1 atom stereocenters. The van der Waals surface area contributed by atoms with Gasteiger partial charge in [-0.25, -0.2) is 0 Å². The van der Waals surface area contributed by atoms with Gasteiger partial charge in [-0.15, -0.1) is 0 Å². The predicted octanol–water partition coefficient (Wildman–Crippen LogP) is 3.23. The van der Waals surface area contributed by atoms with E-state index in [1.165, 1.54) is 0 Å². The summed E-state index contributed by atoms with van der Waals surface area (Å²) in [6, 6.07) is 7.76. The molecule has 0 saturated carbocycles. The Bertz CT molecular complexity index is 412. The lowest BCUT2D eigenvalue weighted by Gasteiger charge is -2.28. The Morgan fingerprint density at radius 3 is 2.73 bits per heavy atom. The second kappa shape index (κ2) is 3.53. The lowest BCUT2D eigenvalue weighted by atomic mass is 10.0. The number of aliphatic imine (C=N–C) groups is 1. The van der Waals surface area contributed by atoms with Crippen molar-refractivity contribution < 1.29 is 4.74 Å². The maximum atomic E-state index is 6.14. The lowest BCUT2D eigenvalue weighted by Crippen LogP contribution is -2.38. The summed E-state index contributed by atoms with van der Waals surface area (Å²) in [6.45, 7) is 6.05. The molecule has 0 bridgehead atoms. The summed E-state index contributed by atoms with van der Waals surface area (Å²) < 4.78 is 5.93. The van der Waals surface area contributed by atoms with Crippen LogP contribution < -0.4 is 4.74 Å². The first-order valence-corrected chi connectivity index (χ1v) is 5.40. The normalized spacial score (nSPS) is 23.5. The molecule has 0 aliphatic carbocycles. The molecule has 3 heteroatoms. The van der Waals surface area contributed by atoms with Gasteiger partial charge in [-0.05, 0) is 32.9 Å². The van der Waals surface area contributed by atoms with Crippen LogP contribution in [0.4, 0.5) is 0 Å². The van der Waals surface area contributed by atoms with Crippen LogP contribution >= 0.6 is 11.6 Å². The van der Waals surface area contributed by atoms with E-state index in [1.54, 1.807) is 0 Å². The van der Waals surface area contributed by atoms with Gasteiger partial charge in [0.25, 0.3) is 0 Å². The van der Waals surface area contributed by atoms with Crippen molar-refractivity contribution in [3.05, 3.63) is 29.8 Å². The first kappa shape index (κ1) is 10.5. The minimum Gasteiger partial charge on any atom is -0.485 e. The van der Waals surface area contributed by atoms with E-state index in [1.807, 2.05) is 45.0 Å². The van der Waals surface area contributed by atoms with E-state index in [9.17, 15) is 0 Å². The molecule has 1 aromatic carbocycles. The largest absolute Gasteiger partial charge is 0.485 e. The van der Waals surface area contributed by atoms with Gasteiger partial charge < -0.3 is 4.74 Å². The summed E-state index contributed by atoms with van der Waals surface area (Å²) in [5.41, 5.74) is 0.545. The topological polar surface area (TPSA) is 21.6 Å². The highest BCUT2D eigenvalue weighted by atomic mass is 35.5. The average Bonchev–Trinajstić information content (AvgIpc) is 2.24. The zero-order chi connectivity index (χ0) is 11.1. The van der Waals surface area contributed by atoms with E-state index in [0.29, 0.717) is 5.17 Å². The Morgan fingerprint density at radius 1 is 1.33 bits per heavy atom. The predicted molar refractivity (Wildman–Crippen MR) is 63.0 cm³/mol. The van der Waals surface area contributed by atoms with Crippen LogP contribution in [-0.4, -0.2) is 16.8 Å². The van der Waals surface area contributed by atoms with E-state index in [2.05, 4.69) is 4.99 Å². The molecule has 1 aromatic rings. The van der Waals surface area contributed by atoms with Crippen molar-refractivity contribution in [1.29, 1.82) is 0 Å². The van der Waals surface area contributed by atoms with Gasteiger partial charge in [0.2, 0.25) is 0 Å². The van der Waals surface area contributed by atoms with E-state index in [0.717, 1.165) is 11.3 Å². The molecule has 0 spiro atoms. The van der Waals surface area contributed by atoms with Crippen LogP contribution in [0, 0.1) is 0 Å². The smallest absolute Gasteiger partial charge is 0.135 e. The molecule has 0 unspecified atom stereocenters. The monoisotopic (exact) mass is 223 g/mol. The third-order valence-corrected chi connectivity index (χ3v) is 3.10. The maximum Gasteiger partial charge on any atom is 0.135 e. The molecule has 80 valence electrons. The number of para-hydroxylation sites is 1. The molecule has 0 aromatic heterocycles. The number of benzene rings is 1. The van der Waals surface area contributed by atoms with Gasteiger partial charge in [0.05, 0.1) is 11.6 Å². The standard InChI is InChI=1S/C12H14ClNO/c1-8-12(2,3)15-10-7-5-4-6-9(10)11(13)14-8/h4-8H,1-3H3/t8-/m1/s1. The molecule has 0 radical (unpaired) electrons. The van der Waals surface area contributed by atoms with Crippen LogP contribution in [0.2, 0.25) is 0 Å². The molecule has 1 heterocycles. The summed E-state index contributed by atoms with van der Waals surface area (Å²) in [5, 5.41) is 0.531. The summed E-state index contributed by atoms with van der Waals surface area (Å²) in [5.74, 6) is 0.806. The summed E-state index contributed by atoms with van der Waals surface area (Å²) in [6.07, 6.45) is 0. The molecule has 15 heavy (non-hydrogen) atoms. The van der Waals surface area contributed by atoms with Crippen molar-refractivity contribution >= 4 is 16.8 Å². The van der Waals surface area contributed by atoms with E-state index in [-0.39, 0.29) is 11.6 Å². The molecule has 2 rings (SSSR count). The zero-order valence-corrected chi connectivity index (χ0v) is 9.88. The average molecular weight is 224 g/mol. The molecule has 2 nitrogen and oxygen atoms in total. The number of halogens is 1. The Hall–Kier alpha value is -1.02. The molecule has 0 fully saturated rings. The SMILES string of the molecule is C[C@H]1N=C(Cl)c2ccccc2OC1(C)C. The van der Waals surface area contributed by atoms with Crippen LogP contribution in [0.3, 0.4) is 0 Å². The van der Waals surface area contributed by atoms with Crippen LogP contribution in [0.1, 0.15) is 26.3 Å². The highest BCUT2D eigenvalue weighted by Gasteiger charge is 2.31. The van der Waals surface area contributed by atoms with Gasteiger partial charge in [-0.3, -0.25) is 4.99 Å². The van der Waals surface area contributed by atoms with Crippen LogP contribution in [0.25, 0.3) is 0 Å². The molecular weight excluding hydrogens is 210 g/mol. The Kier molecular flexibility index (Phi) is 2.47. The van der Waals surface area contributed by atoms with E-state index < -0.39 is 0 Å². The van der Waals surface area contributed by atoms with Crippen LogP contribution in [0.5, 0.6) is 5.75 Å². The Balaban J connectivity index is 2.55. The number of hydrogen-bond acceptors (Lipinski definition) is 2. The Morgan fingerprint density at radius 2 is 2.00 bits per heavy atom. The van der Waals surface area contributed by atoms with Gasteiger partial charge in [0, 0.05) is 0 Å². The second-order valence-electron chi connectivity index (χ2n) is 4.30. The van der Waals surface area contributed by atoms with E-state index in [4.69, 9.17) is 16.3 Å². The Labute approximate surface area is 94.9 Å². The first-order valence-electron chi connectivity index (χ1n) is 5.02. The minimum atomic E-state index is -0.327. The fourth-order valence-electron chi connectivity index (χ4n) is 1.49. The molecule has 0 saturated heterocycles. The number of rotatable bonds is 0. The summed E-state index contributed by atoms with van der Waals surface area (Å²) in [7, 11) is 0. The summed E-state index contributed by atoms with van der Waals surface area (Å²) >= 11 is 6.14. The maximum absolute atomic E-state index is 6.14. The van der Waals surface area contributed by atoms with Gasteiger partial charge in [0.1, 0.15) is 16.5 Å². The van der Waals surface area contributed by atoms with Gasteiger partial charge >= 0.3 is 0 Å². The summed E-state index contributed by atoms with van der Waals surface area (Å²) in [4.78, 5) is 4.43. The van der Waals surface area contributed by atoms with Crippen molar-refractivity contribution in [3.8, 4) is 5.75 Å². The molecular formula is C12H14ClNO. The minimum absolute atomic E-state index is 0.0393. The van der Waals surface area contributed by atoms with Crippen molar-refractivity contribution in [1.82, 2.24) is 0 Å². The fourth-order valence-corrected chi connectivity index (χ4v) is 1.79. The number of ether oxygens (including phenoxy) is 1.